The number of nitrogens with one attached hydrogen (secondary N) is 2. The van der Waals surface area contributed by atoms with Gasteiger partial charge in [-0.15, -0.1) is 0 Å². The molecular formula is C22H22ClN5O3. The van der Waals surface area contributed by atoms with Gasteiger partial charge in [-0.1, -0.05) is 29.8 Å². The fourth-order valence-corrected chi connectivity index (χ4v) is 3.92. The Bertz CT molecular complexity index is 1150. The molecule has 1 aliphatic heterocycles. The highest BCUT2D eigenvalue weighted by molar-refractivity contribution is 6.30. The zero-order valence-corrected chi connectivity index (χ0v) is 17.7. The highest BCUT2D eigenvalue weighted by atomic mass is 35.5. The Labute approximate surface area is 183 Å². The minimum atomic E-state index is -0.417. The van der Waals surface area contributed by atoms with Crippen molar-refractivity contribution in [2.45, 2.75) is 18.8 Å². The molecule has 1 aliphatic rings. The SMILES string of the molecule is CN(C(=O)c1cc(C2CCN(C(=O)c3c[nH]c(=O)c(Cl)c3)CC2)[nH]n1)c1ccccc1. The number of aromatic nitrogens is 3. The van der Waals surface area contributed by atoms with Crippen molar-refractivity contribution in [2.24, 2.45) is 0 Å². The second-order valence-corrected chi connectivity index (χ2v) is 7.95. The van der Waals surface area contributed by atoms with Crippen LogP contribution in [-0.4, -0.2) is 52.0 Å². The summed E-state index contributed by atoms with van der Waals surface area (Å²) in [6, 6.07) is 12.6. The Morgan fingerprint density at radius 1 is 1.16 bits per heavy atom. The number of amides is 2. The normalized spacial score (nSPS) is 14.5. The number of halogens is 1. The van der Waals surface area contributed by atoms with E-state index in [0.717, 1.165) is 24.2 Å². The van der Waals surface area contributed by atoms with Gasteiger partial charge in [0.05, 0.1) is 5.56 Å². The topological polar surface area (TPSA) is 102 Å². The maximum atomic E-state index is 12.7. The Morgan fingerprint density at radius 3 is 2.55 bits per heavy atom. The minimum absolute atomic E-state index is 0.00383. The standard InChI is InChI=1S/C22H22ClN5O3/c1-27(16-5-3-2-4-6-16)22(31)19-12-18(25-26-19)14-7-9-28(10-8-14)21(30)15-11-17(23)20(29)24-13-15/h2-6,11-14H,7-10H2,1H3,(H,24,29)(H,25,26). The molecule has 1 aromatic carbocycles. The Hall–Kier alpha value is -3.39. The molecule has 0 saturated carbocycles. The lowest BCUT2D eigenvalue weighted by atomic mass is 9.93. The number of H-pyrrole nitrogens is 2. The third-order valence-electron chi connectivity index (χ3n) is 5.59. The molecule has 8 nitrogen and oxygen atoms in total. The number of hydrogen-bond donors (Lipinski definition) is 2. The van der Waals surface area contributed by atoms with Crippen LogP contribution in [0.4, 0.5) is 5.69 Å². The molecule has 4 rings (SSSR count). The molecule has 0 spiro atoms. The van der Waals surface area contributed by atoms with E-state index in [1.807, 2.05) is 30.3 Å². The van der Waals surface area contributed by atoms with E-state index in [0.29, 0.717) is 24.3 Å². The molecule has 3 heterocycles. The number of nitrogens with zero attached hydrogens (tertiary/aromatic N) is 3. The number of benzene rings is 1. The third kappa shape index (κ3) is 4.39. The fraction of sp³-hybridized carbons (Fsp3) is 0.273. The van der Waals surface area contributed by atoms with Crippen molar-refractivity contribution in [2.75, 3.05) is 25.0 Å². The van der Waals surface area contributed by atoms with Crippen molar-refractivity contribution in [3.8, 4) is 0 Å². The number of anilines is 1. The average molecular weight is 440 g/mol. The second-order valence-electron chi connectivity index (χ2n) is 7.54. The lowest BCUT2D eigenvalue weighted by Gasteiger charge is -2.31. The van der Waals surface area contributed by atoms with Crippen LogP contribution < -0.4 is 10.5 Å². The first kappa shape index (κ1) is 20.9. The molecule has 0 radical (unpaired) electrons. The predicted molar refractivity (Wildman–Crippen MR) is 118 cm³/mol. The van der Waals surface area contributed by atoms with Gasteiger partial charge in [0.2, 0.25) is 0 Å². The number of carbonyl (C=O) groups excluding carboxylic acids is 2. The van der Waals surface area contributed by atoms with Crippen molar-refractivity contribution in [3.05, 3.63) is 81.0 Å². The van der Waals surface area contributed by atoms with Gasteiger partial charge >= 0.3 is 0 Å². The molecule has 0 unspecified atom stereocenters. The number of pyridine rings is 1. The van der Waals surface area contributed by atoms with E-state index in [1.165, 1.54) is 12.3 Å². The van der Waals surface area contributed by atoms with Crippen LogP contribution >= 0.6 is 11.6 Å². The number of rotatable bonds is 4. The molecule has 0 bridgehead atoms. The number of aromatic amines is 2. The Balaban J connectivity index is 1.39. The fourth-order valence-electron chi connectivity index (χ4n) is 3.75. The first-order valence-corrected chi connectivity index (χ1v) is 10.4. The van der Waals surface area contributed by atoms with Crippen LogP contribution in [0.25, 0.3) is 0 Å². The minimum Gasteiger partial charge on any atom is -0.339 e. The number of carbonyl (C=O) groups is 2. The quantitative estimate of drug-likeness (QED) is 0.652. The largest absolute Gasteiger partial charge is 0.339 e. The van der Waals surface area contributed by atoms with Crippen molar-refractivity contribution < 1.29 is 9.59 Å². The summed E-state index contributed by atoms with van der Waals surface area (Å²) in [5, 5.41) is 7.20. The highest BCUT2D eigenvalue weighted by Gasteiger charge is 2.27. The summed E-state index contributed by atoms with van der Waals surface area (Å²) in [5.41, 5.74) is 2.00. The van der Waals surface area contributed by atoms with E-state index in [1.54, 1.807) is 22.9 Å². The summed E-state index contributed by atoms with van der Waals surface area (Å²) < 4.78 is 0. The van der Waals surface area contributed by atoms with E-state index in [4.69, 9.17) is 11.6 Å². The monoisotopic (exact) mass is 439 g/mol. The summed E-state index contributed by atoms with van der Waals surface area (Å²) in [6.45, 7) is 1.12. The van der Waals surface area contributed by atoms with Gasteiger partial charge in [-0.25, -0.2) is 0 Å². The second kappa shape index (κ2) is 8.77. The van der Waals surface area contributed by atoms with Gasteiger partial charge in [-0.2, -0.15) is 5.10 Å². The third-order valence-corrected chi connectivity index (χ3v) is 5.87. The van der Waals surface area contributed by atoms with Gasteiger partial charge in [-0.3, -0.25) is 19.5 Å². The van der Waals surface area contributed by atoms with Crippen molar-refractivity contribution in [1.82, 2.24) is 20.1 Å². The van der Waals surface area contributed by atoms with E-state index in [2.05, 4.69) is 15.2 Å². The van der Waals surface area contributed by atoms with Gasteiger partial charge < -0.3 is 14.8 Å². The van der Waals surface area contributed by atoms with Crippen LogP contribution in [-0.2, 0) is 0 Å². The number of piperidine rings is 1. The Kier molecular flexibility index (Phi) is 5.90. The molecule has 1 fully saturated rings. The van der Waals surface area contributed by atoms with Gasteiger partial charge in [0.1, 0.15) is 5.02 Å². The molecular weight excluding hydrogens is 418 g/mol. The number of hydrogen-bond acceptors (Lipinski definition) is 4. The van der Waals surface area contributed by atoms with Gasteiger partial charge in [0.15, 0.2) is 5.69 Å². The molecule has 31 heavy (non-hydrogen) atoms. The maximum absolute atomic E-state index is 12.7. The molecule has 9 heteroatoms. The zero-order valence-electron chi connectivity index (χ0n) is 17.0. The highest BCUT2D eigenvalue weighted by Crippen LogP contribution is 2.28. The van der Waals surface area contributed by atoms with Crippen LogP contribution in [0.1, 0.15) is 45.3 Å². The summed E-state index contributed by atoms with van der Waals surface area (Å²) >= 11 is 5.83. The smallest absolute Gasteiger partial charge is 0.278 e. The van der Waals surface area contributed by atoms with E-state index in [9.17, 15) is 14.4 Å². The molecule has 0 aliphatic carbocycles. The van der Waals surface area contributed by atoms with Crippen LogP contribution in [0.3, 0.4) is 0 Å². The van der Waals surface area contributed by atoms with Gasteiger partial charge in [0, 0.05) is 43.6 Å². The zero-order chi connectivity index (χ0) is 22.0. The molecule has 160 valence electrons. The van der Waals surface area contributed by atoms with Gasteiger partial charge in [0.25, 0.3) is 17.4 Å². The van der Waals surface area contributed by atoms with E-state index < -0.39 is 5.56 Å². The first-order valence-electron chi connectivity index (χ1n) is 10.00. The van der Waals surface area contributed by atoms with Crippen LogP contribution in [0.5, 0.6) is 0 Å². The lowest BCUT2D eigenvalue weighted by molar-refractivity contribution is 0.0711. The maximum Gasteiger partial charge on any atom is 0.278 e. The van der Waals surface area contributed by atoms with Crippen LogP contribution in [0, 0.1) is 0 Å². The van der Waals surface area contributed by atoms with Crippen molar-refractivity contribution in [1.29, 1.82) is 0 Å². The molecule has 2 amide bonds. The van der Waals surface area contributed by atoms with Gasteiger partial charge in [-0.05, 0) is 37.1 Å². The average Bonchev–Trinajstić information content (AvgIpc) is 3.30. The number of para-hydroxylation sites is 1. The Morgan fingerprint density at radius 2 is 1.87 bits per heavy atom. The van der Waals surface area contributed by atoms with Crippen LogP contribution in [0.2, 0.25) is 5.02 Å². The molecule has 2 aromatic heterocycles. The van der Waals surface area contributed by atoms with Crippen molar-refractivity contribution >= 4 is 29.1 Å². The number of likely N-dealkylation sites (tertiary alicyclic amines) is 1. The summed E-state index contributed by atoms with van der Waals surface area (Å²) in [7, 11) is 1.72. The lowest BCUT2D eigenvalue weighted by Crippen LogP contribution is -2.38. The summed E-state index contributed by atoms with van der Waals surface area (Å²) in [5.74, 6) is -0.169. The molecule has 0 atom stereocenters. The van der Waals surface area contributed by atoms with E-state index in [-0.39, 0.29) is 22.8 Å². The first-order chi connectivity index (χ1) is 14.9. The molecule has 2 N–H and O–H groups in total. The molecule has 3 aromatic rings. The van der Waals surface area contributed by atoms with Crippen molar-refractivity contribution in [3.63, 3.8) is 0 Å². The van der Waals surface area contributed by atoms with Crippen LogP contribution in [0.15, 0.2) is 53.5 Å². The summed E-state index contributed by atoms with van der Waals surface area (Å²) in [6.07, 6.45) is 2.87. The predicted octanol–water partition coefficient (Wildman–Crippen LogP) is 3.05. The summed E-state index contributed by atoms with van der Waals surface area (Å²) in [4.78, 5) is 42.6. The van der Waals surface area contributed by atoms with E-state index >= 15 is 0 Å². The molecule has 1 saturated heterocycles.